The maximum Gasteiger partial charge on any atom is 0.0499 e. The number of benzene rings is 1. The summed E-state index contributed by atoms with van der Waals surface area (Å²) in [5, 5.41) is 14.0. The zero-order valence-electron chi connectivity index (χ0n) is 12.1. The Kier molecular flexibility index (Phi) is 4.69. The highest BCUT2D eigenvalue weighted by molar-refractivity contribution is 8.00. The van der Waals surface area contributed by atoms with Gasteiger partial charge in [-0.2, -0.15) is 0 Å². The molecule has 1 heterocycles. The van der Waals surface area contributed by atoms with E-state index in [1.165, 1.54) is 49.0 Å². The van der Waals surface area contributed by atoms with Crippen LogP contribution in [0.3, 0.4) is 0 Å². The van der Waals surface area contributed by atoms with Gasteiger partial charge in [0.25, 0.3) is 0 Å². The minimum atomic E-state index is 0.161. The largest absolute Gasteiger partial charge is 0.396 e. The lowest BCUT2D eigenvalue weighted by Crippen LogP contribution is -2.41. The highest BCUT2D eigenvalue weighted by Crippen LogP contribution is 2.37. The van der Waals surface area contributed by atoms with Gasteiger partial charge in [0.2, 0.25) is 0 Å². The van der Waals surface area contributed by atoms with Crippen molar-refractivity contribution in [2.45, 2.75) is 48.7 Å². The van der Waals surface area contributed by atoms with E-state index >= 15 is 0 Å². The van der Waals surface area contributed by atoms with Gasteiger partial charge in [-0.1, -0.05) is 37.5 Å². The molecule has 0 aromatic heterocycles. The maximum atomic E-state index is 9.73. The highest BCUT2D eigenvalue weighted by Gasteiger charge is 2.31. The Morgan fingerprint density at radius 3 is 2.75 bits per heavy atom. The van der Waals surface area contributed by atoms with E-state index in [1.54, 1.807) is 0 Å². The molecule has 1 atom stereocenters. The summed E-state index contributed by atoms with van der Waals surface area (Å²) in [7, 11) is 0. The molecule has 3 heteroatoms. The van der Waals surface area contributed by atoms with Crippen molar-refractivity contribution >= 4 is 11.8 Å². The molecular formula is C17H25NOS. The van der Waals surface area contributed by atoms with E-state index in [9.17, 15) is 5.11 Å². The Labute approximate surface area is 126 Å². The summed E-state index contributed by atoms with van der Waals surface area (Å²) in [6, 6.07) is 8.75. The van der Waals surface area contributed by atoms with Crippen LogP contribution >= 0.6 is 11.8 Å². The first kappa shape index (κ1) is 14.4. The second kappa shape index (κ2) is 6.50. The van der Waals surface area contributed by atoms with Crippen LogP contribution in [0.25, 0.3) is 0 Å². The number of thioether (sulfide) groups is 1. The summed E-state index contributed by atoms with van der Waals surface area (Å²) in [4.78, 5) is 1.45. The van der Waals surface area contributed by atoms with Crippen LogP contribution in [-0.4, -0.2) is 30.1 Å². The van der Waals surface area contributed by atoms with E-state index in [2.05, 4.69) is 29.6 Å². The van der Waals surface area contributed by atoms with Crippen LogP contribution in [0.5, 0.6) is 0 Å². The Bertz CT molecular complexity index is 417. The molecular weight excluding hydrogens is 266 g/mol. The molecule has 1 aliphatic heterocycles. The molecule has 0 amide bonds. The van der Waals surface area contributed by atoms with Gasteiger partial charge in [0, 0.05) is 35.3 Å². The number of fused-ring (bicyclic) bond motifs is 1. The number of hydrogen-bond donors (Lipinski definition) is 2. The quantitative estimate of drug-likeness (QED) is 0.873. The zero-order valence-corrected chi connectivity index (χ0v) is 12.9. The van der Waals surface area contributed by atoms with Gasteiger partial charge in [0.15, 0.2) is 0 Å². The summed E-state index contributed by atoms with van der Waals surface area (Å²) in [5.74, 6) is 0. The third-order valence-corrected chi connectivity index (χ3v) is 6.15. The fourth-order valence-corrected chi connectivity index (χ4v) is 4.84. The minimum absolute atomic E-state index is 0.161. The van der Waals surface area contributed by atoms with Crippen LogP contribution in [0.4, 0.5) is 0 Å². The molecule has 3 rings (SSSR count). The first-order chi connectivity index (χ1) is 9.81. The van der Waals surface area contributed by atoms with Crippen LogP contribution < -0.4 is 5.32 Å². The van der Waals surface area contributed by atoms with Gasteiger partial charge in [0.05, 0.1) is 0 Å². The van der Waals surface area contributed by atoms with Gasteiger partial charge in [0.1, 0.15) is 0 Å². The third-order valence-electron chi connectivity index (χ3n) is 4.84. The Hall–Kier alpha value is -0.510. The van der Waals surface area contributed by atoms with Crippen LogP contribution in [0, 0.1) is 5.41 Å². The highest BCUT2D eigenvalue weighted by atomic mass is 32.2. The van der Waals surface area contributed by atoms with Gasteiger partial charge < -0.3 is 10.4 Å². The van der Waals surface area contributed by atoms with Crippen molar-refractivity contribution in [1.82, 2.24) is 5.32 Å². The summed E-state index contributed by atoms with van der Waals surface area (Å²) < 4.78 is 0. The van der Waals surface area contributed by atoms with Crippen molar-refractivity contribution in [2.75, 3.05) is 19.7 Å². The third kappa shape index (κ3) is 3.21. The molecule has 2 nitrogen and oxygen atoms in total. The second-order valence-electron chi connectivity index (χ2n) is 6.40. The molecule has 20 heavy (non-hydrogen) atoms. The van der Waals surface area contributed by atoms with Crippen molar-refractivity contribution in [3.05, 3.63) is 29.8 Å². The fourth-order valence-electron chi connectivity index (χ4n) is 3.56. The summed E-state index contributed by atoms with van der Waals surface area (Å²) >= 11 is 2.00. The molecule has 0 radical (unpaired) electrons. The van der Waals surface area contributed by atoms with Crippen molar-refractivity contribution < 1.29 is 5.11 Å². The molecule has 0 bridgehead atoms. The van der Waals surface area contributed by atoms with E-state index in [0.717, 1.165) is 13.1 Å². The topological polar surface area (TPSA) is 32.3 Å². The lowest BCUT2D eigenvalue weighted by Gasteiger charge is -2.36. The monoisotopic (exact) mass is 291 g/mol. The van der Waals surface area contributed by atoms with Crippen LogP contribution in [0.15, 0.2) is 29.2 Å². The lowest BCUT2D eigenvalue weighted by atomic mass is 9.74. The first-order valence-corrected chi connectivity index (χ1v) is 8.75. The number of rotatable bonds is 5. The molecule has 1 aromatic carbocycles. The minimum Gasteiger partial charge on any atom is -0.396 e. The normalized spacial score (nSPS) is 24.6. The van der Waals surface area contributed by atoms with Crippen LogP contribution in [0.2, 0.25) is 0 Å². The predicted octanol–water partition coefficient (Wildman–Crippen LogP) is 3.24. The number of hydrogen-bond acceptors (Lipinski definition) is 3. The van der Waals surface area contributed by atoms with Crippen molar-refractivity contribution in [2.24, 2.45) is 5.41 Å². The molecule has 1 aromatic rings. The van der Waals surface area contributed by atoms with E-state index < -0.39 is 0 Å². The first-order valence-electron chi connectivity index (χ1n) is 7.87. The predicted molar refractivity (Wildman–Crippen MR) is 85.3 cm³/mol. The lowest BCUT2D eigenvalue weighted by molar-refractivity contribution is 0.0816. The maximum absolute atomic E-state index is 9.73. The molecule has 2 N–H and O–H groups in total. The summed E-state index contributed by atoms with van der Waals surface area (Å²) in [6.07, 6.45) is 7.47. The smallest absolute Gasteiger partial charge is 0.0499 e. The molecule has 1 saturated carbocycles. The van der Waals surface area contributed by atoms with Crippen molar-refractivity contribution in [3.63, 3.8) is 0 Å². The molecule has 1 aliphatic carbocycles. The van der Waals surface area contributed by atoms with E-state index in [-0.39, 0.29) is 5.41 Å². The van der Waals surface area contributed by atoms with E-state index in [0.29, 0.717) is 11.9 Å². The molecule has 1 fully saturated rings. The standard InChI is InChI=1S/C17H25NOS/c19-13-17(8-4-1-5-9-17)12-18-11-15-10-14-6-2-3-7-16(14)20-15/h2-3,6-7,15,18-19H,1,4-5,8-13H2. The van der Waals surface area contributed by atoms with E-state index in [4.69, 9.17) is 0 Å². The zero-order chi connectivity index (χ0) is 13.8. The average molecular weight is 291 g/mol. The van der Waals surface area contributed by atoms with Gasteiger partial charge >= 0.3 is 0 Å². The van der Waals surface area contributed by atoms with E-state index in [1.807, 2.05) is 11.8 Å². The summed E-state index contributed by atoms with van der Waals surface area (Å²) in [6.45, 7) is 2.38. The van der Waals surface area contributed by atoms with Gasteiger partial charge in [-0.25, -0.2) is 0 Å². The average Bonchev–Trinajstić information content (AvgIpc) is 2.91. The fraction of sp³-hybridized carbons (Fsp3) is 0.647. The molecule has 1 unspecified atom stereocenters. The Morgan fingerprint density at radius 1 is 1.20 bits per heavy atom. The number of aliphatic hydroxyl groups is 1. The SMILES string of the molecule is OCC1(CNCC2Cc3ccccc3S2)CCCCC1. The number of aliphatic hydroxyl groups excluding tert-OH is 1. The molecule has 0 spiro atoms. The number of nitrogens with one attached hydrogen (secondary N) is 1. The Balaban J connectivity index is 1.47. The second-order valence-corrected chi connectivity index (χ2v) is 7.74. The van der Waals surface area contributed by atoms with Crippen LogP contribution in [-0.2, 0) is 6.42 Å². The molecule has 110 valence electrons. The van der Waals surface area contributed by atoms with Crippen LogP contribution in [0.1, 0.15) is 37.7 Å². The summed E-state index contributed by atoms with van der Waals surface area (Å²) in [5.41, 5.74) is 1.66. The van der Waals surface area contributed by atoms with Crippen molar-refractivity contribution in [1.29, 1.82) is 0 Å². The Morgan fingerprint density at radius 2 is 2.00 bits per heavy atom. The van der Waals surface area contributed by atoms with Gasteiger partial charge in [-0.05, 0) is 30.9 Å². The van der Waals surface area contributed by atoms with Gasteiger partial charge in [-0.3, -0.25) is 0 Å². The molecule has 0 saturated heterocycles. The van der Waals surface area contributed by atoms with Crippen molar-refractivity contribution in [3.8, 4) is 0 Å². The van der Waals surface area contributed by atoms with Gasteiger partial charge in [-0.15, -0.1) is 11.8 Å². The molecule has 2 aliphatic rings.